The van der Waals surface area contributed by atoms with E-state index < -0.39 is 0 Å². The highest BCUT2D eigenvalue weighted by atomic mass is 32.1. The molecule has 0 amide bonds. The lowest BCUT2D eigenvalue weighted by molar-refractivity contribution is 0.0337. The summed E-state index contributed by atoms with van der Waals surface area (Å²) in [6, 6.07) is 6.98. The molecule has 2 heterocycles. The summed E-state index contributed by atoms with van der Waals surface area (Å²) in [5, 5.41) is 6.63. The highest BCUT2D eigenvalue weighted by Crippen LogP contribution is 2.38. The van der Waals surface area contributed by atoms with Gasteiger partial charge in [0.25, 0.3) is 5.89 Å². The summed E-state index contributed by atoms with van der Waals surface area (Å²) in [6.45, 7) is 1.81. The van der Waals surface area contributed by atoms with Crippen LogP contribution in [0.1, 0.15) is 53.0 Å². The zero-order chi connectivity index (χ0) is 16.5. The molecule has 6 nitrogen and oxygen atoms in total. The molecule has 1 saturated carbocycles. The Labute approximate surface area is 142 Å². The van der Waals surface area contributed by atoms with E-state index in [9.17, 15) is 4.79 Å². The lowest BCUT2D eigenvalue weighted by Crippen LogP contribution is -2.08. The number of aromatic nitrogens is 3. The summed E-state index contributed by atoms with van der Waals surface area (Å²) in [5.74, 6) is 1.32. The number of esters is 1. The largest absolute Gasteiger partial charge is 0.452 e. The van der Waals surface area contributed by atoms with E-state index in [2.05, 4.69) is 15.1 Å². The lowest BCUT2D eigenvalue weighted by Gasteiger charge is -2.10. The molecule has 0 spiro atoms. The van der Waals surface area contributed by atoms with Gasteiger partial charge in [-0.05, 0) is 44.0 Å². The number of ether oxygens (including phenoxy) is 1. The van der Waals surface area contributed by atoms with Crippen molar-refractivity contribution >= 4 is 17.3 Å². The molecule has 0 N–H and O–H groups in total. The van der Waals surface area contributed by atoms with Crippen molar-refractivity contribution in [2.45, 2.75) is 31.8 Å². The molecule has 0 radical (unpaired) electrons. The summed E-state index contributed by atoms with van der Waals surface area (Å²) in [4.78, 5) is 20.8. The molecule has 7 heteroatoms. The van der Waals surface area contributed by atoms with Crippen LogP contribution in [0.5, 0.6) is 0 Å². The first-order valence-electron chi connectivity index (χ1n) is 7.75. The van der Waals surface area contributed by atoms with Crippen LogP contribution in [0.3, 0.4) is 0 Å². The normalized spacial score (nSPS) is 15.2. The number of benzene rings is 1. The first kappa shape index (κ1) is 15.0. The predicted octanol–water partition coefficient (Wildman–Crippen LogP) is 3.99. The van der Waals surface area contributed by atoms with Gasteiger partial charge in [0.05, 0.1) is 5.56 Å². The summed E-state index contributed by atoms with van der Waals surface area (Å²) in [6.07, 6.45) is 3.58. The minimum absolute atomic E-state index is 0.366. The molecule has 1 atom stereocenters. The second-order valence-corrected chi connectivity index (χ2v) is 6.65. The van der Waals surface area contributed by atoms with Crippen molar-refractivity contribution < 1.29 is 14.1 Å². The Morgan fingerprint density at radius 2 is 2.12 bits per heavy atom. The van der Waals surface area contributed by atoms with Crippen LogP contribution in [-0.2, 0) is 4.74 Å². The van der Waals surface area contributed by atoms with E-state index in [1.165, 1.54) is 11.3 Å². The maximum Gasteiger partial charge on any atom is 0.338 e. The highest BCUT2D eigenvalue weighted by molar-refractivity contribution is 7.09. The topological polar surface area (TPSA) is 78.1 Å². The first-order chi connectivity index (χ1) is 11.7. The van der Waals surface area contributed by atoms with Crippen LogP contribution in [-0.4, -0.2) is 21.1 Å². The lowest BCUT2D eigenvalue weighted by atomic mass is 10.1. The van der Waals surface area contributed by atoms with Gasteiger partial charge in [-0.25, -0.2) is 9.78 Å². The highest BCUT2D eigenvalue weighted by Gasteiger charge is 2.29. The van der Waals surface area contributed by atoms with Gasteiger partial charge in [-0.1, -0.05) is 5.16 Å². The molecule has 0 aliphatic heterocycles. The van der Waals surface area contributed by atoms with Gasteiger partial charge in [0, 0.05) is 23.1 Å². The van der Waals surface area contributed by atoms with Crippen LogP contribution >= 0.6 is 11.3 Å². The second kappa shape index (κ2) is 6.16. The van der Waals surface area contributed by atoms with E-state index in [1.54, 1.807) is 30.5 Å². The maximum atomic E-state index is 12.2. The second-order valence-electron chi connectivity index (χ2n) is 5.73. The van der Waals surface area contributed by atoms with Crippen LogP contribution in [0.25, 0.3) is 11.5 Å². The van der Waals surface area contributed by atoms with Crippen molar-refractivity contribution in [2.75, 3.05) is 0 Å². The Morgan fingerprint density at radius 3 is 2.79 bits per heavy atom. The first-order valence-corrected chi connectivity index (χ1v) is 8.63. The Balaban J connectivity index is 1.45. The number of hydrogen-bond acceptors (Lipinski definition) is 7. The monoisotopic (exact) mass is 341 g/mol. The van der Waals surface area contributed by atoms with Crippen molar-refractivity contribution in [3.8, 4) is 11.5 Å². The van der Waals surface area contributed by atoms with Crippen molar-refractivity contribution in [3.05, 3.63) is 52.2 Å². The van der Waals surface area contributed by atoms with Crippen LogP contribution in [0.4, 0.5) is 0 Å². The SMILES string of the molecule is CC(OC(=O)c1ccc(-c2nc(C3CC3)no2)cc1)c1nccs1. The molecule has 1 aliphatic rings. The number of hydrogen-bond donors (Lipinski definition) is 0. The molecule has 4 rings (SSSR count). The van der Waals surface area contributed by atoms with Crippen LogP contribution in [0, 0.1) is 0 Å². The van der Waals surface area contributed by atoms with Crippen molar-refractivity contribution in [3.63, 3.8) is 0 Å². The minimum atomic E-state index is -0.381. The standard InChI is InChI=1S/C17H15N3O3S/c1-10(16-18-8-9-24-16)22-17(21)13-6-4-12(5-7-13)15-19-14(20-23-15)11-2-3-11/h4-11H,2-3H2,1H3. The Hall–Kier alpha value is -2.54. The van der Waals surface area contributed by atoms with Gasteiger partial charge in [-0.3, -0.25) is 0 Å². The third kappa shape index (κ3) is 3.07. The van der Waals surface area contributed by atoms with Crippen LogP contribution < -0.4 is 0 Å². The van der Waals surface area contributed by atoms with Crippen LogP contribution in [0.15, 0.2) is 40.4 Å². The third-order valence-electron chi connectivity index (χ3n) is 3.83. The summed E-state index contributed by atoms with van der Waals surface area (Å²) >= 11 is 1.46. The average molecular weight is 341 g/mol. The smallest absolute Gasteiger partial charge is 0.338 e. The van der Waals surface area contributed by atoms with E-state index in [0.29, 0.717) is 17.4 Å². The summed E-state index contributed by atoms with van der Waals surface area (Å²) in [7, 11) is 0. The molecule has 2 aromatic heterocycles. The average Bonchev–Trinajstić information content (AvgIpc) is 3.12. The molecule has 0 saturated heterocycles. The van der Waals surface area contributed by atoms with E-state index in [0.717, 1.165) is 29.2 Å². The Bertz CT molecular complexity index is 838. The van der Waals surface area contributed by atoms with E-state index >= 15 is 0 Å². The zero-order valence-corrected chi connectivity index (χ0v) is 13.8. The van der Waals surface area contributed by atoms with Gasteiger partial charge in [0.2, 0.25) is 0 Å². The fourth-order valence-electron chi connectivity index (χ4n) is 2.32. The molecule has 122 valence electrons. The van der Waals surface area contributed by atoms with Crippen LogP contribution in [0.2, 0.25) is 0 Å². The van der Waals surface area contributed by atoms with Gasteiger partial charge in [-0.2, -0.15) is 4.98 Å². The molecule has 1 fully saturated rings. The number of carbonyl (C=O) groups is 1. The summed E-state index contributed by atoms with van der Waals surface area (Å²) < 4.78 is 10.7. The number of rotatable bonds is 5. The number of nitrogens with zero attached hydrogens (tertiary/aromatic N) is 3. The quantitative estimate of drug-likeness (QED) is 0.653. The molecular formula is C17H15N3O3S. The van der Waals surface area contributed by atoms with Crippen molar-refractivity contribution in [2.24, 2.45) is 0 Å². The third-order valence-corrected chi connectivity index (χ3v) is 4.77. The zero-order valence-electron chi connectivity index (χ0n) is 13.0. The van der Waals surface area contributed by atoms with Gasteiger partial charge in [-0.15, -0.1) is 11.3 Å². The van der Waals surface area contributed by atoms with Gasteiger partial charge in [0.15, 0.2) is 11.9 Å². The van der Waals surface area contributed by atoms with E-state index in [4.69, 9.17) is 9.26 Å². The fourth-order valence-corrected chi connectivity index (χ4v) is 2.95. The number of carbonyl (C=O) groups excluding carboxylic acids is 1. The molecule has 1 aliphatic carbocycles. The predicted molar refractivity (Wildman–Crippen MR) is 87.7 cm³/mol. The maximum absolute atomic E-state index is 12.2. The fraction of sp³-hybridized carbons (Fsp3) is 0.294. The van der Waals surface area contributed by atoms with Gasteiger partial charge < -0.3 is 9.26 Å². The molecular weight excluding hydrogens is 326 g/mol. The summed E-state index contributed by atoms with van der Waals surface area (Å²) in [5.41, 5.74) is 1.27. The van der Waals surface area contributed by atoms with Crippen molar-refractivity contribution in [1.82, 2.24) is 15.1 Å². The van der Waals surface area contributed by atoms with E-state index in [1.807, 2.05) is 12.3 Å². The molecule has 1 aromatic carbocycles. The van der Waals surface area contributed by atoms with Gasteiger partial charge >= 0.3 is 5.97 Å². The van der Waals surface area contributed by atoms with Gasteiger partial charge in [0.1, 0.15) is 5.01 Å². The number of thiazole rings is 1. The Kier molecular flexibility index (Phi) is 3.86. The molecule has 0 bridgehead atoms. The molecule has 24 heavy (non-hydrogen) atoms. The molecule has 3 aromatic rings. The minimum Gasteiger partial charge on any atom is -0.452 e. The van der Waals surface area contributed by atoms with E-state index in [-0.39, 0.29) is 12.1 Å². The van der Waals surface area contributed by atoms with Crippen molar-refractivity contribution in [1.29, 1.82) is 0 Å². The molecule has 1 unspecified atom stereocenters. The Morgan fingerprint density at radius 1 is 1.33 bits per heavy atom.